The Morgan fingerprint density at radius 3 is 2.75 bits per heavy atom. The molecule has 1 unspecified atom stereocenters. The Labute approximate surface area is 211 Å². The van der Waals surface area contributed by atoms with Gasteiger partial charge in [0.05, 0.1) is 5.02 Å². The molecule has 1 amide bonds. The molecule has 2 N–H and O–H groups in total. The zero-order valence-corrected chi connectivity index (χ0v) is 21.3. The normalized spacial score (nSPS) is 18.6. The zero-order chi connectivity index (χ0) is 21.6. The lowest BCUT2D eigenvalue weighted by atomic mass is 10.1. The molecule has 2 aliphatic rings. The van der Waals surface area contributed by atoms with Gasteiger partial charge in [-0.2, -0.15) is 0 Å². The van der Waals surface area contributed by atoms with Gasteiger partial charge in [-0.1, -0.05) is 35.9 Å². The highest BCUT2D eigenvalue weighted by Crippen LogP contribution is 2.25. The van der Waals surface area contributed by atoms with E-state index in [1.807, 2.05) is 29.2 Å². The number of carbonyl (C=O) groups is 1. The van der Waals surface area contributed by atoms with E-state index in [2.05, 4.69) is 37.6 Å². The first-order chi connectivity index (χ1) is 15.1. The molecular weight excluding hydrogens is 539 g/mol. The molecule has 7 nitrogen and oxygen atoms in total. The number of rotatable bonds is 6. The van der Waals surface area contributed by atoms with Gasteiger partial charge in [-0.15, -0.1) is 24.0 Å². The van der Waals surface area contributed by atoms with Crippen LogP contribution < -0.4 is 15.5 Å². The smallest absolute Gasteiger partial charge is 0.222 e. The summed E-state index contributed by atoms with van der Waals surface area (Å²) in [4.78, 5) is 25.0. The van der Waals surface area contributed by atoms with Gasteiger partial charge in [0.25, 0.3) is 0 Å². The largest absolute Gasteiger partial charge is 0.353 e. The number of guanidine groups is 1. The van der Waals surface area contributed by atoms with Crippen LogP contribution in [0.1, 0.15) is 30.4 Å². The summed E-state index contributed by atoms with van der Waals surface area (Å²) < 4.78 is 0. The second kappa shape index (κ2) is 11.7. The first-order valence-electron chi connectivity index (χ1n) is 10.8. The van der Waals surface area contributed by atoms with Gasteiger partial charge >= 0.3 is 0 Å². The van der Waals surface area contributed by atoms with E-state index >= 15 is 0 Å². The Morgan fingerprint density at radius 1 is 1.22 bits per heavy atom. The number of aliphatic imine (C=N–C) groups is 1. The van der Waals surface area contributed by atoms with Crippen molar-refractivity contribution in [1.82, 2.24) is 20.5 Å². The summed E-state index contributed by atoms with van der Waals surface area (Å²) in [6.07, 6.45) is 4.38. The van der Waals surface area contributed by atoms with E-state index in [0.717, 1.165) is 44.3 Å². The Kier molecular flexibility index (Phi) is 8.98. The van der Waals surface area contributed by atoms with Gasteiger partial charge in [0, 0.05) is 58.4 Å². The number of pyridine rings is 1. The molecule has 0 radical (unpaired) electrons. The number of anilines is 1. The van der Waals surface area contributed by atoms with E-state index < -0.39 is 0 Å². The molecule has 32 heavy (non-hydrogen) atoms. The molecule has 2 saturated heterocycles. The van der Waals surface area contributed by atoms with Crippen LogP contribution in [0.15, 0.2) is 47.6 Å². The fourth-order valence-electron chi connectivity index (χ4n) is 4.21. The second-order valence-corrected chi connectivity index (χ2v) is 8.41. The maximum Gasteiger partial charge on any atom is 0.222 e. The maximum atomic E-state index is 12.0. The van der Waals surface area contributed by atoms with E-state index in [-0.39, 0.29) is 35.9 Å². The topological polar surface area (TPSA) is 72.9 Å². The summed E-state index contributed by atoms with van der Waals surface area (Å²) in [5.74, 6) is 1.85. The van der Waals surface area contributed by atoms with Gasteiger partial charge in [-0.05, 0) is 36.1 Å². The molecule has 2 aromatic rings. The summed E-state index contributed by atoms with van der Waals surface area (Å²) in [6.45, 7) is 3.90. The summed E-state index contributed by atoms with van der Waals surface area (Å²) in [6, 6.07) is 12.3. The van der Waals surface area contributed by atoms with Crippen molar-refractivity contribution in [2.45, 2.75) is 38.4 Å². The molecule has 3 heterocycles. The third kappa shape index (κ3) is 6.04. The minimum atomic E-state index is 0. The van der Waals surface area contributed by atoms with Crippen molar-refractivity contribution in [2.75, 3.05) is 31.6 Å². The van der Waals surface area contributed by atoms with E-state index in [1.165, 1.54) is 11.1 Å². The third-order valence-electron chi connectivity index (χ3n) is 5.89. The van der Waals surface area contributed by atoms with Gasteiger partial charge in [0.2, 0.25) is 5.91 Å². The Morgan fingerprint density at radius 2 is 2.03 bits per heavy atom. The number of amides is 1. The lowest BCUT2D eigenvalue weighted by Crippen LogP contribution is -2.44. The van der Waals surface area contributed by atoms with Crippen LogP contribution in [0.2, 0.25) is 5.02 Å². The molecule has 1 aromatic heterocycles. The SMILES string of the molecule is CN=C(NCc1ccccc1CN1CCCC1=O)NC1CCN(c2ncccc2Cl)C1.I. The molecular formula is C23H30ClIN6O. The van der Waals surface area contributed by atoms with Crippen molar-refractivity contribution in [3.05, 3.63) is 58.7 Å². The third-order valence-corrected chi connectivity index (χ3v) is 6.18. The number of likely N-dealkylation sites (tertiary alicyclic amines) is 1. The van der Waals surface area contributed by atoms with Gasteiger partial charge in [-0.25, -0.2) is 4.98 Å². The van der Waals surface area contributed by atoms with Crippen LogP contribution in [0.3, 0.4) is 0 Å². The van der Waals surface area contributed by atoms with Crippen molar-refractivity contribution in [3.8, 4) is 0 Å². The van der Waals surface area contributed by atoms with Crippen LogP contribution in [0, 0.1) is 0 Å². The molecule has 1 atom stereocenters. The molecule has 0 aliphatic carbocycles. The molecule has 0 spiro atoms. The van der Waals surface area contributed by atoms with Crippen molar-refractivity contribution in [2.24, 2.45) is 4.99 Å². The van der Waals surface area contributed by atoms with Crippen molar-refractivity contribution < 1.29 is 4.79 Å². The summed E-state index contributed by atoms with van der Waals surface area (Å²) in [5.41, 5.74) is 2.36. The predicted molar refractivity (Wildman–Crippen MR) is 140 cm³/mol. The van der Waals surface area contributed by atoms with Crippen LogP contribution in [0.25, 0.3) is 0 Å². The fourth-order valence-corrected chi connectivity index (χ4v) is 4.45. The number of hydrogen-bond acceptors (Lipinski definition) is 4. The van der Waals surface area contributed by atoms with Crippen LogP contribution in [-0.4, -0.2) is 54.5 Å². The number of nitrogens with zero attached hydrogens (tertiary/aromatic N) is 4. The summed E-state index contributed by atoms with van der Waals surface area (Å²) >= 11 is 6.30. The highest BCUT2D eigenvalue weighted by molar-refractivity contribution is 14.0. The predicted octanol–water partition coefficient (Wildman–Crippen LogP) is 3.42. The number of halogens is 2. The molecule has 9 heteroatoms. The van der Waals surface area contributed by atoms with Crippen LogP contribution in [-0.2, 0) is 17.9 Å². The number of carbonyl (C=O) groups excluding carboxylic acids is 1. The Hall–Kier alpha value is -2.07. The summed E-state index contributed by atoms with van der Waals surface area (Å²) in [5, 5.41) is 7.63. The number of nitrogens with one attached hydrogen (secondary N) is 2. The van der Waals surface area contributed by atoms with E-state index in [9.17, 15) is 4.79 Å². The highest BCUT2D eigenvalue weighted by atomic mass is 127. The van der Waals surface area contributed by atoms with Crippen molar-refractivity contribution in [1.29, 1.82) is 0 Å². The lowest BCUT2D eigenvalue weighted by Gasteiger charge is -2.21. The monoisotopic (exact) mass is 568 g/mol. The summed E-state index contributed by atoms with van der Waals surface area (Å²) in [7, 11) is 1.78. The fraction of sp³-hybridized carbons (Fsp3) is 0.435. The minimum absolute atomic E-state index is 0. The first-order valence-corrected chi connectivity index (χ1v) is 11.2. The molecule has 4 rings (SSSR count). The number of aromatic nitrogens is 1. The minimum Gasteiger partial charge on any atom is -0.353 e. The molecule has 2 fully saturated rings. The van der Waals surface area contributed by atoms with Crippen LogP contribution in [0.4, 0.5) is 5.82 Å². The average Bonchev–Trinajstić information content (AvgIpc) is 3.41. The Bertz CT molecular complexity index is 956. The Balaban J connectivity index is 0.00000289. The zero-order valence-electron chi connectivity index (χ0n) is 18.3. The molecule has 0 saturated carbocycles. The highest BCUT2D eigenvalue weighted by Gasteiger charge is 2.25. The van der Waals surface area contributed by atoms with Gasteiger partial charge in [0.15, 0.2) is 5.96 Å². The number of benzene rings is 1. The second-order valence-electron chi connectivity index (χ2n) is 8.00. The first kappa shape index (κ1) is 24.6. The maximum absolute atomic E-state index is 12.0. The van der Waals surface area contributed by atoms with Gasteiger partial charge in [-0.3, -0.25) is 9.79 Å². The van der Waals surface area contributed by atoms with E-state index in [1.54, 1.807) is 13.2 Å². The lowest BCUT2D eigenvalue weighted by molar-refractivity contribution is -0.128. The average molecular weight is 569 g/mol. The molecule has 172 valence electrons. The molecule has 1 aromatic carbocycles. The molecule has 0 bridgehead atoms. The van der Waals surface area contributed by atoms with Crippen LogP contribution >= 0.6 is 35.6 Å². The molecule has 2 aliphatic heterocycles. The standard InChI is InChI=1S/C23H29ClN6O.HI/c1-25-23(28-19-10-13-30(16-19)22-20(24)8-4-11-26-22)27-14-17-6-2-3-7-18(17)15-29-12-5-9-21(29)31;/h2-4,6-8,11,19H,5,9-10,12-16H2,1H3,(H2,25,27,28);1H. The van der Waals surface area contributed by atoms with Crippen molar-refractivity contribution >= 4 is 53.3 Å². The van der Waals surface area contributed by atoms with Gasteiger partial charge < -0.3 is 20.4 Å². The quantitative estimate of drug-likeness (QED) is 0.318. The van der Waals surface area contributed by atoms with Gasteiger partial charge in [0.1, 0.15) is 5.82 Å². The van der Waals surface area contributed by atoms with Crippen LogP contribution in [0.5, 0.6) is 0 Å². The van der Waals surface area contributed by atoms with Crippen molar-refractivity contribution in [3.63, 3.8) is 0 Å². The van der Waals surface area contributed by atoms with E-state index in [0.29, 0.717) is 24.5 Å². The van der Waals surface area contributed by atoms with E-state index in [4.69, 9.17) is 11.6 Å². The number of hydrogen-bond donors (Lipinski definition) is 2.